The molecule has 4 nitrogen and oxygen atoms in total. The standard InChI is InChI=1S/C14H19N3O/c1-10-14(12(3)18-16-10)9-17(4)11(2)13-5-7-15-8-6-13/h5-8,11H,9H2,1-4H3/t11-/m1/s1. The average Bonchev–Trinajstić information content (AvgIpc) is 2.70. The lowest BCUT2D eigenvalue weighted by Gasteiger charge is -2.24. The van der Waals surface area contributed by atoms with Crippen molar-refractivity contribution in [3.05, 3.63) is 47.1 Å². The Morgan fingerprint density at radius 1 is 1.28 bits per heavy atom. The highest BCUT2D eigenvalue weighted by molar-refractivity contribution is 5.21. The molecule has 0 N–H and O–H groups in total. The summed E-state index contributed by atoms with van der Waals surface area (Å²) in [6, 6.07) is 4.44. The molecular weight excluding hydrogens is 226 g/mol. The third-order valence-corrected chi connectivity index (χ3v) is 3.44. The van der Waals surface area contributed by atoms with Gasteiger partial charge in [0.05, 0.1) is 5.69 Å². The highest BCUT2D eigenvalue weighted by atomic mass is 16.5. The minimum Gasteiger partial charge on any atom is -0.361 e. The second kappa shape index (κ2) is 5.31. The zero-order chi connectivity index (χ0) is 13.1. The molecule has 96 valence electrons. The first-order valence-electron chi connectivity index (χ1n) is 6.11. The molecule has 2 heterocycles. The first-order chi connectivity index (χ1) is 8.59. The summed E-state index contributed by atoms with van der Waals surface area (Å²) < 4.78 is 5.19. The van der Waals surface area contributed by atoms with Crippen molar-refractivity contribution in [2.24, 2.45) is 0 Å². The molecule has 2 rings (SSSR count). The molecule has 0 fully saturated rings. The number of hydrogen-bond donors (Lipinski definition) is 0. The van der Waals surface area contributed by atoms with Gasteiger partial charge in [-0.15, -0.1) is 0 Å². The summed E-state index contributed by atoms with van der Waals surface area (Å²) in [5.41, 5.74) is 3.42. The Bertz CT molecular complexity index is 488. The van der Waals surface area contributed by atoms with Crippen molar-refractivity contribution < 1.29 is 4.52 Å². The lowest BCUT2D eigenvalue weighted by atomic mass is 10.1. The molecule has 0 amide bonds. The molecule has 4 heteroatoms. The molecule has 0 bridgehead atoms. The molecule has 0 aliphatic rings. The number of rotatable bonds is 4. The van der Waals surface area contributed by atoms with Gasteiger partial charge in [-0.25, -0.2) is 0 Å². The van der Waals surface area contributed by atoms with Crippen molar-refractivity contribution in [2.45, 2.75) is 33.4 Å². The van der Waals surface area contributed by atoms with E-state index in [0.717, 1.165) is 18.0 Å². The summed E-state index contributed by atoms with van der Waals surface area (Å²) >= 11 is 0. The molecule has 0 radical (unpaired) electrons. The Morgan fingerprint density at radius 3 is 2.50 bits per heavy atom. The SMILES string of the molecule is Cc1noc(C)c1CN(C)[C@H](C)c1ccncc1. The van der Waals surface area contributed by atoms with E-state index in [1.807, 2.05) is 26.2 Å². The number of pyridine rings is 1. The lowest BCUT2D eigenvalue weighted by Crippen LogP contribution is -2.22. The summed E-state index contributed by atoms with van der Waals surface area (Å²) in [7, 11) is 2.11. The van der Waals surface area contributed by atoms with Gasteiger partial charge in [-0.2, -0.15) is 0 Å². The molecule has 2 aromatic rings. The van der Waals surface area contributed by atoms with E-state index in [0.29, 0.717) is 6.04 Å². The predicted molar refractivity (Wildman–Crippen MR) is 70.1 cm³/mol. The topological polar surface area (TPSA) is 42.2 Å². The van der Waals surface area contributed by atoms with E-state index in [4.69, 9.17) is 4.52 Å². The van der Waals surface area contributed by atoms with Crippen LogP contribution in [0.25, 0.3) is 0 Å². The van der Waals surface area contributed by atoms with E-state index in [1.165, 1.54) is 11.1 Å². The second-order valence-electron chi connectivity index (χ2n) is 4.67. The Hall–Kier alpha value is -1.68. The number of aryl methyl sites for hydroxylation is 2. The van der Waals surface area contributed by atoms with Gasteiger partial charge in [0.2, 0.25) is 0 Å². The molecule has 18 heavy (non-hydrogen) atoms. The van der Waals surface area contributed by atoms with Gasteiger partial charge in [0.25, 0.3) is 0 Å². The zero-order valence-corrected chi connectivity index (χ0v) is 11.3. The van der Waals surface area contributed by atoms with Crippen molar-refractivity contribution in [1.29, 1.82) is 0 Å². The molecule has 0 saturated carbocycles. The quantitative estimate of drug-likeness (QED) is 0.830. The van der Waals surface area contributed by atoms with Crippen LogP contribution in [0.4, 0.5) is 0 Å². The Morgan fingerprint density at radius 2 is 1.94 bits per heavy atom. The summed E-state index contributed by atoms with van der Waals surface area (Å²) in [5.74, 6) is 0.904. The highest BCUT2D eigenvalue weighted by Gasteiger charge is 2.16. The summed E-state index contributed by atoms with van der Waals surface area (Å²) in [6.07, 6.45) is 3.66. The first kappa shape index (κ1) is 12.8. The van der Waals surface area contributed by atoms with E-state index in [2.05, 4.69) is 41.1 Å². The average molecular weight is 245 g/mol. The van der Waals surface area contributed by atoms with Crippen molar-refractivity contribution in [3.8, 4) is 0 Å². The Balaban J connectivity index is 2.11. The molecule has 0 unspecified atom stereocenters. The fourth-order valence-corrected chi connectivity index (χ4v) is 2.01. The molecular formula is C14H19N3O. The maximum Gasteiger partial charge on any atom is 0.138 e. The van der Waals surface area contributed by atoms with Gasteiger partial charge >= 0.3 is 0 Å². The van der Waals surface area contributed by atoms with Gasteiger partial charge < -0.3 is 4.52 Å². The maximum absolute atomic E-state index is 5.19. The van der Waals surface area contributed by atoms with Gasteiger partial charge in [-0.05, 0) is 45.5 Å². The molecule has 1 atom stereocenters. The van der Waals surface area contributed by atoms with Crippen LogP contribution in [0.5, 0.6) is 0 Å². The molecule has 0 spiro atoms. The van der Waals surface area contributed by atoms with Crippen LogP contribution in [0.2, 0.25) is 0 Å². The third-order valence-electron chi connectivity index (χ3n) is 3.44. The second-order valence-corrected chi connectivity index (χ2v) is 4.67. The van der Waals surface area contributed by atoms with Crippen LogP contribution in [-0.4, -0.2) is 22.1 Å². The van der Waals surface area contributed by atoms with E-state index >= 15 is 0 Å². The minimum absolute atomic E-state index is 0.335. The van der Waals surface area contributed by atoms with Crippen LogP contribution < -0.4 is 0 Å². The molecule has 0 aliphatic carbocycles. The van der Waals surface area contributed by atoms with Gasteiger partial charge in [0.15, 0.2) is 0 Å². The zero-order valence-electron chi connectivity index (χ0n) is 11.3. The normalized spacial score (nSPS) is 12.9. The van der Waals surface area contributed by atoms with Crippen LogP contribution >= 0.6 is 0 Å². The van der Waals surface area contributed by atoms with Crippen LogP contribution in [0.1, 0.15) is 35.5 Å². The highest BCUT2D eigenvalue weighted by Crippen LogP contribution is 2.22. The van der Waals surface area contributed by atoms with Crippen molar-refractivity contribution in [3.63, 3.8) is 0 Å². The lowest BCUT2D eigenvalue weighted by molar-refractivity contribution is 0.251. The molecule has 0 saturated heterocycles. The summed E-state index contributed by atoms with van der Waals surface area (Å²) in [5, 5.41) is 3.99. The van der Waals surface area contributed by atoms with Crippen LogP contribution in [0.3, 0.4) is 0 Å². The number of hydrogen-bond acceptors (Lipinski definition) is 4. The third kappa shape index (κ3) is 2.59. The van der Waals surface area contributed by atoms with E-state index in [-0.39, 0.29) is 0 Å². The monoisotopic (exact) mass is 245 g/mol. The summed E-state index contributed by atoms with van der Waals surface area (Å²) in [6.45, 7) is 6.97. The van der Waals surface area contributed by atoms with E-state index in [9.17, 15) is 0 Å². The van der Waals surface area contributed by atoms with Crippen LogP contribution in [0.15, 0.2) is 29.0 Å². The maximum atomic E-state index is 5.19. The summed E-state index contributed by atoms with van der Waals surface area (Å²) in [4.78, 5) is 6.33. The molecule has 0 aromatic carbocycles. The predicted octanol–water partition coefficient (Wildman–Crippen LogP) is 2.88. The van der Waals surface area contributed by atoms with E-state index < -0.39 is 0 Å². The van der Waals surface area contributed by atoms with Gasteiger partial charge in [-0.3, -0.25) is 9.88 Å². The van der Waals surface area contributed by atoms with Crippen molar-refractivity contribution >= 4 is 0 Å². The molecule has 0 aliphatic heterocycles. The van der Waals surface area contributed by atoms with Crippen molar-refractivity contribution in [2.75, 3.05) is 7.05 Å². The van der Waals surface area contributed by atoms with Gasteiger partial charge in [-0.1, -0.05) is 5.16 Å². The molecule has 2 aromatic heterocycles. The van der Waals surface area contributed by atoms with Crippen molar-refractivity contribution in [1.82, 2.24) is 15.0 Å². The Kier molecular flexibility index (Phi) is 3.77. The van der Waals surface area contributed by atoms with Crippen LogP contribution in [-0.2, 0) is 6.54 Å². The van der Waals surface area contributed by atoms with Crippen LogP contribution in [0, 0.1) is 13.8 Å². The fraction of sp³-hybridized carbons (Fsp3) is 0.429. The first-order valence-corrected chi connectivity index (χ1v) is 6.11. The Labute approximate surface area is 108 Å². The number of aromatic nitrogens is 2. The minimum atomic E-state index is 0.335. The fourth-order valence-electron chi connectivity index (χ4n) is 2.01. The van der Waals surface area contributed by atoms with Gasteiger partial charge in [0, 0.05) is 30.5 Å². The van der Waals surface area contributed by atoms with Gasteiger partial charge in [0.1, 0.15) is 5.76 Å². The smallest absolute Gasteiger partial charge is 0.138 e. The van der Waals surface area contributed by atoms with E-state index in [1.54, 1.807) is 0 Å². The largest absolute Gasteiger partial charge is 0.361 e. The number of nitrogens with zero attached hydrogens (tertiary/aromatic N) is 3.